The van der Waals surface area contributed by atoms with Crippen LogP contribution in [0.4, 0.5) is 0 Å². The Morgan fingerprint density at radius 1 is 0.955 bits per heavy atom. The second kappa shape index (κ2) is 4.35. The van der Waals surface area contributed by atoms with E-state index >= 15 is 0 Å². The Balaban J connectivity index is 2.21. The van der Waals surface area contributed by atoms with Crippen molar-refractivity contribution in [3.8, 4) is 0 Å². The molecule has 0 fully saturated rings. The molecular weight excluding hydrogens is 284 g/mol. The molecule has 22 heavy (non-hydrogen) atoms. The van der Waals surface area contributed by atoms with E-state index in [4.69, 9.17) is 0 Å². The van der Waals surface area contributed by atoms with Crippen LogP contribution in [0.5, 0.6) is 0 Å². The van der Waals surface area contributed by atoms with Crippen LogP contribution in [0.25, 0.3) is 21.7 Å². The van der Waals surface area contributed by atoms with Gasteiger partial charge in [-0.1, -0.05) is 0 Å². The van der Waals surface area contributed by atoms with Gasteiger partial charge in [0.25, 0.3) is 11.1 Å². The minimum Gasteiger partial charge on any atom is -0.318 e. The Hall–Kier alpha value is -3.29. The number of hydrogen-bond acceptors (Lipinski definition) is 5. The van der Waals surface area contributed by atoms with Gasteiger partial charge in [0.15, 0.2) is 0 Å². The van der Waals surface area contributed by atoms with E-state index in [1.165, 1.54) is 32.8 Å². The summed E-state index contributed by atoms with van der Waals surface area (Å²) in [5, 5.41) is 8.78. The third-order valence-corrected chi connectivity index (χ3v) is 3.61. The number of rotatable bonds is 1. The van der Waals surface area contributed by atoms with Crippen LogP contribution in [0.2, 0.25) is 0 Å². The fourth-order valence-electron chi connectivity index (χ4n) is 2.49. The Kier molecular flexibility index (Phi) is 2.46. The maximum absolute atomic E-state index is 12.8. The van der Waals surface area contributed by atoms with Crippen molar-refractivity contribution in [1.82, 2.24) is 29.1 Å². The summed E-state index contributed by atoms with van der Waals surface area (Å²) in [5.41, 5.74) is 0.0599. The molecule has 0 spiro atoms. The van der Waals surface area contributed by atoms with E-state index in [0.29, 0.717) is 21.7 Å². The van der Waals surface area contributed by atoms with Gasteiger partial charge in [-0.2, -0.15) is 0 Å². The average molecular weight is 294 g/mol. The topological polar surface area (TPSA) is 87.6 Å². The van der Waals surface area contributed by atoms with Crippen molar-refractivity contribution < 1.29 is 0 Å². The molecule has 4 aromatic rings. The van der Waals surface area contributed by atoms with Gasteiger partial charge in [0.05, 0.1) is 16.3 Å². The number of aromatic nitrogens is 6. The number of hydrogen-bond donors (Lipinski definition) is 0. The summed E-state index contributed by atoms with van der Waals surface area (Å²) in [4.78, 5) is 29.2. The molecule has 0 amide bonds. The second-order valence-corrected chi connectivity index (χ2v) is 4.88. The number of pyridine rings is 3. The van der Waals surface area contributed by atoms with Gasteiger partial charge in [0.1, 0.15) is 12.7 Å². The highest BCUT2D eigenvalue weighted by atomic mass is 16.1. The summed E-state index contributed by atoms with van der Waals surface area (Å²) >= 11 is 0. The predicted octanol–water partition coefficient (Wildman–Crippen LogP) is 0.151. The largest absolute Gasteiger partial charge is 0.318 e. The minimum absolute atomic E-state index is 0.189. The molecule has 0 aliphatic heterocycles. The second-order valence-electron chi connectivity index (χ2n) is 4.88. The molecule has 0 saturated heterocycles. The number of nitrogens with zero attached hydrogens (tertiary/aromatic N) is 6. The van der Waals surface area contributed by atoms with Crippen LogP contribution in [-0.4, -0.2) is 29.1 Å². The van der Waals surface area contributed by atoms with Gasteiger partial charge in [-0.3, -0.25) is 14.6 Å². The quantitative estimate of drug-likeness (QED) is 0.466. The lowest BCUT2D eigenvalue weighted by molar-refractivity contribution is 0.633. The maximum Gasteiger partial charge on any atom is 0.279 e. The molecule has 8 heteroatoms. The lowest BCUT2D eigenvalue weighted by Gasteiger charge is -2.08. The summed E-state index contributed by atoms with van der Waals surface area (Å²) in [6.07, 6.45) is 7.58. The smallest absolute Gasteiger partial charge is 0.279 e. The van der Waals surface area contributed by atoms with Crippen LogP contribution in [0.3, 0.4) is 0 Å². The highest BCUT2D eigenvalue weighted by molar-refractivity contribution is 6.04. The molecule has 0 aromatic carbocycles. The van der Waals surface area contributed by atoms with E-state index in [1.54, 1.807) is 31.6 Å². The number of fused-ring (bicyclic) bond motifs is 3. The van der Waals surface area contributed by atoms with Crippen molar-refractivity contribution in [2.45, 2.75) is 0 Å². The van der Waals surface area contributed by atoms with Gasteiger partial charge in [-0.25, -0.2) is 9.35 Å². The van der Waals surface area contributed by atoms with Crippen molar-refractivity contribution in [1.29, 1.82) is 0 Å². The molecule has 4 heterocycles. The number of aryl methyl sites for hydroxylation is 1. The van der Waals surface area contributed by atoms with Crippen molar-refractivity contribution >= 4 is 21.7 Å². The molecule has 0 N–H and O–H groups in total. The Labute approximate surface area is 122 Å². The van der Waals surface area contributed by atoms with E-state index in [9.17, 15) is 9.59 Å². The molecule has 108 valence electrons. The van der Waals surface area contributed by atoms with E-state index < -0.39 is 0 Å². The predicted molar refractivity (Wildman–Crippen MR) is 79.6 cm³/mol. The third-order valence-electron chi connectivity index (χ3n) is 3.61. The third kappa shape index (κ3) is 1.60. The van der Waals surface area contributed by atoms with E-state index in [1.807, 2.05) is 0 Å². The first kappa shape index (κ1) is 12.5. The zero-order chi connectivity index (χ0) is 15.3. The van der Waals surface area contributed by atoms with Crippen LogP contribution < -0.4 is 11.1 Å². The molecule has 0 aliphatic rings. The molecule has 0 bridgehead atoms. The van der Waals surface area contributed by atoms with Gasteiger partial charge in [0.2, 0.25) is 0 Å². The molecule has 4 aromatic heterocycles. The molecule has 0 unspecified atom stereocenters. The first-order valence-electron chi connectivity index (χ1n) is 6.52. The van der Waals surface area contributed by atoms with Crippen molar-refractivity contribution in [2.75, 3.05) is 0 Å². The summed E-state index contributed by atoms with van der Waals surface area (Å²) in [5.74, 6) is 0. The van der Waals surface area contributed by atoms with Crippen molar-refractivity contribution in [3.63, 3.8) is 0 Å². The van der Waals surface area contributed by atoms with Gasteiger partial charge in [-0.05, 0) is 12.1 Å². The highest BCUT2D eigenvalue weighted by Gasteiger charge is 2.11. The average Bonchev–Trinajstić information content (AvgIpc) is 3.05. The van der Waals surface area contributed by atoms with Gasteiger partial charge < -0.3 is 4.57 Å². The van der Waals surface area contributed by atoms with Gasteiger partial charge in [-0.15, -0.1) is 10.2 Å². The van der Waals surface area contributed by atoms with Crippen molar-refractivity contribution in [2.24, 2.45) is 7.05 Å². The van der Waals surface area contributed by atoms with Crippen LogP contribution in [0, 0.1) is 0 Å². The van der Waals surface area contributed by atoms with Gasteiger partial charge >= 0.3 is 0 Å². The molecule has 0 radical (unpaired) electrons. The fraction of sp³-hybridized carbons (Fsp3) is 0.0714. The summed E-state index contributed by atoms with van der Waals surface area (Å²) < 4.78 is 4.28. The summed E-state index contributed by atoms with van der Waals surface area (Å²) in [6, 6.07) is 3.46. The van der Waals surface area contributed by atoms with E-state index in [0.717, 1.165) is 0 Å². The monoisotopic (exact) mass is 294 g/mol. The summed E-state index contributed by atoms with van der Waals surface area (Å²) in [6.45, 7) is 0. The normalized spacial score (nSPS) is 11.3. The molecule has 8 nitrogen and oxygen atoms in total. The molecule has 0 aliphatic carbocycles. The lowest BCUT2D eigenvalue weighted by atomic mass is 10.1. The SMILES string of the molecule is Cn1ccc2c(cnc3ccn(-n4cnnc4)c(=O)c32)c1=O. The van der Waals surface area contributed by atoms with Gasteiger partial charge in [0, 0.05) is 31.0 Å². The first-order valence-corrected chi connectivity index (χ1v) is 6.52. The Morgan fingerprint density at radius 2 is 1.73 bits per heavy atom. The van der Waals surface area contributed by atoms with E-state index in [2.05, 4.69) is 15.2 Å². The molecule has 4 rings (SSSR count). The highest BCUT2D eigenvalue weighted by Crippen LogP contribution is 2.17. The molecular formula is C14H10N6O2. The first-order chi connectivity index (χ1) is 10.7. The zero-order valence-corrected chi connectivity index (χ0v) is 11.5. The van der Waals surface area contributed by atoms with Crippen LogP contribution in [-0.2, 0) is 7.05 Å². The Bertz CT molecular complexity index is 1120. The fourth-order valence-corrected chi connectivity index (χ4v) is 2.49. The lowest BCUT2D eigenvalue weighted by Crippen LogP contribution is -2.25. The zero-order valence-electron chi connectivity index (χ0n) is 11.5. The standard InChI is InChI=1S/C14H10N6O2/c1-18-4-2-9-10(13(18)21)6-15-11-3-5-20(14(22)12(9)11)19-7-16-17-8-19/h2-8H,1H3. The molecule has 0 atom stereocenters. The molecule has 0 saturated carbocycles. The van der Waals surface area contributed by atoms with Crippen LogP contribution in [0.1, 0.15) is 0 Å². The van der Waals surface area contributed by atoms with Crippen LogP contribution in [0.15, 0.2) is 53.0 Å². The summed E-state index contributed by atoms with van der Waals surface area (Å²) in [7, 11) is 1.66. The maximum atomic E-state index is 12.8. The Morgan fingerprint density at radius 3 is 2.50 bits per heavy atom. The van der Waals surface area contributed by atoms with Crippen molar-refractivity contribution in [3.05, 3.63) is 64.1 Å². The van der Waals surface area contributed by atoms with E-state index in [-0.39, 0.29) is 11.1 Å². The minimum atomic E-state index is -0.288. The van der Waals surface area contributed by atoms with Crippen LogP contribution >= 0.6 is 0 Å².